The molecular formula is C23H23N3O3S. The topological polar surface area (TPSA) is 113 Å². The lowest BCUT2D eigenvalue weighted by atomic mass is 10.0. The minimum absolute atomic E-state index is 0.604. The maximum atomic E-state index is 9.08. The van der Waals surface area contributed by atoms with Crippen LogP contribution in [0, 0.1) is 0 Å². The maximum Gasteiger partial charge on any atom is 0.215 e. The molecule has 1 aromatic heterocycles. The molecular weight excluding hydrogens is 398 g/mol. The Morgan fingerprint density at radius 1 is 0.833 bits per heavy atom. The summed E-state index contributed by atoms with van der Waals surface area (Å²) in [4.78, 5) is 0. The van der Waals surface area contributed by atoms with Crippen LogP contribution >= 0.6 is 0 Å². The third-order valence-corrected chi connectivity index (χ3v) is 4.59. The van der Waals surface area contributed by atoms with Crippen molar-refractivity contribution in [3.8, 4) is 0 Å². The zero-order chi connectivity index (χ0) is 21.9. The summed E-state index contributed by atoms with van der Waals surface area (Å²) < 4.78 is 29.4. The van der Waals surface area contributed by atoms with E-state index in [1.165, 1.54) is 10.8 Å². The summed E-state index contributed by atoms with van der Waals surface area (Å²) in [5.41, 5.74) is 17.0. The lowest BCUT2D eigenvalue weighted by Gasteiger charge is -2.08. The van der Waals surface area contributed by atoms with E-state index in [9.17, 15) is 0 Å². The van der Waals surface area contributed by atoms with Crippen molar-refractivity contribution in [3.05, 3.63) is 78.0 Å². The van der Waals surface area contributed by atoms with Crippen LogP contribution in [0.1, 0.15) is 11.3 Å². The molecule has 4 rings (SSSR count). The number of aryl methyl sites for hydroxylation is 1. The highest BCUT2D eigenvalue weighted by atomic mass is 32.2. The van der Waals surface area contributed by atoms with E-state index in [1.54, 1.807) is 0 Å². The van der Waals surface area contributed by atoms with Crippen LogP contribution in [0.15, 0.2) is 66.7 Å². The molecule has 0 radical (unpaired) electrons. The van der Waals surface area contributed by atoms with Gasteiger partial charge in [0.1, 0.15) is 7.05 Å². The molecule has 0 aliphatic heterocycles. The van der Waals surface area contributed by atoms with Crippen LogP contribution in [-0.2, 0) is 17.2 Å². The fourth-order valence-electron chi connectivity index (χ4n) is 3.31. The van der Waals surface area contributed by atoms with Crippen LogP contribution in [0.3, 0.4) is 0 Å². The van der Waals surface area contributed by atoms with Crippen molar-refractivity contribution >= 4 is 55.3 Å². The van der Waals surface area contributed by atoms with E-state index in [-0.39, 0.29) is 0 Å². The lowest BCUT2D eigenvalue weighted by Crippen LogP contribution is -2.33. The molecule has 0 saturated carbocycles. The Balaban J connectivity index is 0.000000461. The van der Waals surface area contributed by atoms with E-state index in [0.717, 1.165) is 33.5 Å². The molecule has 0 spiro atoms. The summed E-state index contributed by atoms with van der Waals surface area (Å²) in [5.74, 6) is 0. The Hall–Kier alpha value is -3.42. The van der Waals surface area contributed by atoms with E-state index in [4.69, 9.17) is 24.4 Å². The Morgan fingerprint density at radius 3 is 2.03 bits per heavy atom. The van der Waals surface area contributed by atoms with Gasteiger partial charge in [0.25, 0.3) is 0 Å². The van der Waals surface area contributed by atoms with E-state index in [1.807, 2.05) is 42.5 Å². The number of anilines is 2. The summed E-state index contributed by atoms with van der Waals surface area (Å²) in [7, 11) is -1.85. The third-order valence-electron chi connectivity index (χ3n) is 4.59. The van der Waals surface area contributed by atoms with Gasteiger partial charge in [-0.05, 0) is 35.9 Å². The van der Waals surface area contributed by atoms with Crippen molar-refractivity contribution < 1.29 is 17.5 Å². The Morgan fingerprint density at radius 2 is 1.40 bits per heavy atom. The fraction of sp³-hybridized carbons (Fsp3) is 0.0870. The van der Waals surface area contributed by atoms with E-state index in [0.29, 0.717) is 6.26 Å². The quantitative estimate of drug-likeness (QED) is 0.223. The number of benzene rings is 3. The van der Waals surface area contributed by atoms with Crippen molar-refractivity contribution in [2.75, 3.05) is 17.7 Å². The second-order valence-electron chi connectivity index (χ2n) is 6.97. The molecule has 0 aliphatic rings. The summed E-state index contributed by atoms with van der Waals surface area (Å²) in [6, 6.07) is 22.4. The first kappa shape index (κ1) is 21.3. The molecule has 0 atom stereocenters. The van der Waals surface area contributed by atoms with Gasteiger partial charge in [0.05, 0.1) is 20.9 Å². The monoisotopic (exact) mass is 421 g/mol. The third kappa shape index (κ3) is 5.14. The van der Waals surface area contributed by atoms with Gasteiger partial charge in [-0.15, -0.1) is 0 Å². The molecule has 3 aromatic carbocycles. The normalized spacial score (nSPS) is 11.6. The van der Waals surface area contributed by atoms with Gasteiger partial charge in [-0.2, -0.15) is 4.57 Å². The number of pyridine rings is 1. The number of nitrogen functional groups attached to an aromatic ring is 2. The number of aromatic nitrogens is 1. The van der Waals surface area contributed by atoms with Crippen molar-refractivity contribution in [2.24, 2.45) is 7.05 Å². The standard InChI is InChI=1S/C22H19N3.CH4O3S/c1-25-21(12-7-15-5-3-2-4-6-15)20-13-16(23)8-10-18(20)19-11-9-17(24)14-22(19)25;1-5(2,3)4/h2-14,24H,23H2,1H3;1H3,(H,2,3,4)/b12-7+;. The molecule has 6 nitrogen and oxygen atoms in total. The second kappa shape index (κ2) is 8.52. The molecule has 30 heavy (non-hydrogen) atoms. The average molecular weight is 422 g/mol. The summed E-state index contributed by atoms with van der Waals surface area (Å²) in [5, 5.41) is 3.48. The van der Waals surface area contributed by atoms with Gasteiger partial charge in [0.2, 0.25) is 11.2 Å². The van der Waals surface area contributed by atoms with E-state index >= 15 is 0 Å². The molecule has 1 heterocycles. The first-order valence-corrected chi connectivity index (χ1v) is 11.0. The molecule has 0 saturated heterocycles. The van der Waals surface area contributed by atoms with E-state index in [2.05, 4.69) is 48.0 Å². The first-order valence-electron chi connectivity index (χ1n) is 9.18. The van der Waals surface area contributed by atoms with Crippen molar-refractivity contribution in [1.82, 2.24) is 0 Å². The summed E-state index contributed by atoms with van der Waals surface area (Å²) in [6.45, 7) is 0. The summed E-state index contributed by atoms with van der Waals surface area (Å²) >= 11 is 0. The zero-order valence-corrected chi connectivity index (χ0v) is 17.6. The molecule has 0 bridgehead atoms. The zero-order valence-electron chi connectivity index (χ0n) is 16.7. The number of fused-ring (bicyclic) bond motifs is 3. The van der Waals surface area contributed by atoms with Gasteiger partial charge in [-0.1, -0.05) is 36.4 Å². The predicted molar refractivity (Wildman–Crippen MR) is 122 cm³/mol. The predicted octanol–water partition coefficient (Wildman–Crippen LogP) is 3.31. The van der Waals surface area contributed by atoms with Crippen LogP contribution in [0.5, 0.6) is 0 Å². The molecule has 0 aliphatic carbocycles. The molecule has 154 valence electrons. The molecule has 7 heteroatoms. The first-order chi connectivity index (χ1) is 14.1. The van der Waals surface area contributed by atoms with Gasteiger partial charge in [0, 0.05) is 35.2 Å². The second-order valence-corrected chi connectivity index (χ2v) is 8.38. The van der Waals surface area contributed by atoms with Crippen LogP contribution in [-0.4, -0.2) is 19.2 Å². The molecule has 0 fully saturated rings. The van der Waals surface area contributed by atoms with Gasteiger partial charge < -0.3 is 16.0 Å². The number of nitrogens with zero attached hydrogens (tertiary/aromatic N) is 1. The fourth-order valence-corrected chi connectivity index (χ4v) is 3.31. The van der Waals surface area contributed by atoms with Crippen molar-refractivity contribution in [1.29, 1.82) is 0 Å². The Bertz CT molecular complexity index is 1340. The highest BCUT2D eigenvalue weighted by molar-refractivity contribution is 7.84. The minimum Gasteiger partial charge on any atom is -0.748 e. The SMILES string of the molecule is CS(=O)(=O)[O-].C[n+]1c(/C=C/c2ccccc2)c2cc(N)ccc2c2ccc(N)cc21. The van der Waals surface area contributed by atoms with Crippen LogP contribution < -0.4 is 16.0 Å². The minimum atomic E-state index is -3.92. The van der Waals surface area contributed by atoms with Crippen LogP contribution in [0.2, 0.25) is 0 Å². The summed E-state index contributed by atoms with van der Waals surface area (Å²) in [6.07, 6.45) is 4.86. The highest BCUT2D eigenvalue weighted by Crippen LogP contribution is 2.29. The molecule has 4 aromatic rings. The van der Waals surface area contributed by atoms with Gasteiger partial charge in [0.15, 0.2) is 0 Å². The van der Waals surface area contributed by atoms with Gasteiger partial charge >= 0.3 is 0 Å². The Kier molecular flexibility index (Phi) is 6.05. The van der Waals surface area contributed by atoms with E-state index < -0.39 is 10.1 Å². The number of rotatable bonds is 2. The van der Waals surface area contributed by atoms with Crippen molar-refractivity contribution in [2.45, 2.75) is 0 Å². The van der Waals surface area contributed by atoms with Crippen molar-refractivity contribution in [3.63, 3.8) is 0 Å². The smallest absolute Gasteiger partial charge is 0.215 e. The van der Waals surface area contributed by atoms with Crippen LogP contribution in [0.25, 0.3) is 33.8 Å². The lowest BCUT2D eigenvalue weighted by molar-refractivity contribution is -0.645. The molecule has 4 N–H and O–H groups in total. The maximum absolute atomic E-state index is 9.08. The largest absolute Gasteiger partial charge is 0.748 e. The number of hydrogen-bond acceptors (Lipinski definition) is 5. The van der Waals surface area contributed by atoms with Gasteiger partial charge in [-0.25, -0.2) is 8.42 Å². The molecule has 0 unspecified atom stereocenters. The van der Waals surface area contributed by atoms with Crippen LogP contribution in [0.4, 0.5) is 11.4 Å². The Labute approximate surface area is 175 Å². The number of nitrogens with two attached hydrogens (primary N) is 2. The number of hydrogen-bond donors (Lipinski definition) is 2. The highest BCUT2D eigenvalue weighted by Gasteiger charge is 2.17. The molecule has 0 amide bonds. The average Bonchev–Trinajstić information content (AvgIpc) is 2.67. The van der Waals surface area contributed by atoms with Gasteiger partial charge in [-0.3, -0.25) is 0 Å².